The highest BCUT2D eigenvalue weighted by atomic mass is 16.2. The van der Waals surface area contributed by atoms with E-state index < -0.39 is 5.41 Å². The number of amides is 1. The summed E-state index contributed by atoms with van der Waals surface area (Å²) in [5, 5.41) is 3.07. The Kier molecular flexibility index (Phi) is 4.65. The molecule has 1 aliphatic rings. The summed E-state index contributed by atoms with van der Waals surface area (Å²) in [6.07, 6.45) is 3.18. The van der Waals surface area contributed by atoms with E-state index >= 15 is 0 Å². The summed E-state index contributed by atoms with van der Waals surface area (Å²) >= 11 is 0. The molecule has 1 amide bonds. The number of nitrogens with two attached hydrogens (primary N) is 1. The lowest BCUT2D eigenvalue weighted by Crippen LogP contribution is -2.39. The van der Waals surface area contributed by atoms with Crippen LogP contribution in [0.25, 0.3) is 0 Å². The third kappa shape index (κ3) is 2.96. The van der Waals surface area contributed by atoms with Crippen LogP contribution in [0.5, 0.6) is 0 Å². The van der Waals surface area contributed by atoms with Crippen molar-refractivity contribution in [1.82, 2.24) is 0 Å². The average molecular weight is 275 g/mol. The van der Waals surface area contributed by atoms with Crippen LogP contribution in [0.3, 0.4) is 0 Å². The molecule has 3 N–H and O–H groups in total. The summed E-state index contributed by atoms with van der Waals surface area (Å²) in [6.45, 7) is 6.41. The molecule has 0 bridgehead atoms. The summed E-state index contributed by atoms with van der Waals surface area (Å²) in [7, 11) is 0. The van der Waals surface area contributed by atoms with E-state index in [1.807, 2.05) is 32.0 Å². The molecule has 0 saturated carbocycles. The van der Waals surface area contributed by atoms with E-state index in [2.05, 4.69) is 16.3 Å². The second kappa shape index (κ2) is 6.27. The largest absolute Gasteiger partial charge is 0.370 e. The zero-order valence-electron chi connectivity index (χ0n) is 12.5. The minimum atomic E-state index is -0.502. The molecule has 1 saturated heterocycles. The van der Waals surface area contributed by atoms with Crippen molar-refractivity contribution >= 4 is 17.3 Å². The normalized spacial score (nSPS) is 17.9. The van der Waals surface area contributed by atoms with Gasteiger partial charge in [0.1, 0.15) is 0 Å². The Labute approximate surface area is 121 Å². The number of carbonyl (C=O) groups is 1. The lowest BCUT2D eigenvalue weighted by atomic mass is 9.86. The van der Waals surface area contributed by atoms with Crippen LogP contribution in [-0.2, 0) is 4.79 Å². The summed E-state index contributed by atoms with van der Waals surface area (Å²) in [5.74, 6) is 0.00847. The summed E-state index contributed by atoms with van der Waals surface area (Å²) in [4.78, 5) is 14.8. The molecule has 1 heterocycles. The number of benzene rings is 1. The van der Waals surface area contributed by atoms with Crippen molar-refractivity contribution in [3.8, 4) is 0 Å². The minimum Gasteiger partial charge on any atom is -0.370 e. The number of para-hydroxylation sites is 2. The first-order valence-corrected chi connectivity index (χ1v) is 7.46. The average Bonchev–Trinajstić information content (AvgIpc) is 3.01. The fourth-order valence-corrected chi connectivity index (χ4v) is 2.48. The molecule has 1 fully saturated rings. The SMILES string of the molecule is CCC(C)(CN)C(=O)Nc1ccccc1N1CCCC1. The maximum Gasteiger partial charge on any atom is 0.231 e. The Bertz CT molecular complexity index is 463. The van der Waals surface area contributed by atoms with Crippen LogP contribution in [0.4, 0.5) is 11.4 Å². The van der Waals surface area contributed by atoms with Gasteiger partial charge in [-0.1, -0.05) is 19.1 Å². The molecule has 0 aromatic heterocycles. The molecule has 1 atom stereocenters. The molecule has 4 heteroatoms. The Hall–Kier alpha value is -1.55. The van der Waals surface area contributed by atoms with E-state index in [-0.39, 0.29) is 5.91 Å². The molecule has 20 heavy (non-hydrogen) atoms. The van der Waals surface area contributed by atoms with Crippen LogP contribution in [0.1, 0.15) is 33.1 Å². The predicted molar refractivity (Wildman–Crippen MR) is 84.0 cm³/mol. The minimum absolute atomic E-state index is 0.00847. The van der Waals surface area contributed by atoms with Gasteiger partial charge in [0, 0.05) is 19.6 Å². The molecule has 110 valence electrons. The molecule has 2 rings (SSSR count). The van der Waals surface area contributed by atoms with Gasteiger partial charge in [0.25, 0.3) is 0 Å². The van der Waals surface area contributed by atoms with Crippen molar-refractivity contribution in [2.75, 3.05) is 29.9 Å². The van der Waals surface area contributed by atoms with E-state index in [0.29, 0.717) is 6.54 Å². The quantitative estimate of drug-likeness (QED) is 0.868. The first-order valence-electron chi connectivity index (χ1n) is 7.46. The third-order valence-electron chi connectivity index (χ3n) is 4.38. The maximum absolute atomic E-state index is 12.5. The van der Waals surface area contributed by atoms with Gasteiger partial charge in [0.05, 0.1) is 16.8 Å². The van der Waals surface area contributed by atoms with Crippen LogP contribution < -0.4 is 16.0 Å². The lowest BCUT2D eigenvalue weighted by molar-refractivity contribution is -0.124. The molecule has 1 aromatic rings. The van der Waals surface area contributed by atoms with Gasteiger partial charge in [0.2, 0.25) is 5.91 Å². The number of hydrogen-bond acceptors (Lipinski definition) is 3. The monoisotopic (exact) mass is 275 g/mol. The van der Waals surface area contributed by atoms with Crippen molar-refractivity contribution in [3.63, 3.8) is 0 Å². The van der Waals surface area contributed by atoms with Crippen molar-refractivity contribution in [1.29, 1.82) is 0 Å². The fraction of sp³-hybridized carbons (Fsp3) is 0.562. The second-order valence-corrected chi connectivity index (χ2v) is 5.78. The highest BCUT2D eigenvalue weighted by molar-refractivity contribution is 5.98. The lowest BCUT2D eigenvalue weighted by Gasteiger charge is -2.27. The summed E-state index contributed by atoms with van der Waals surface area (Å²) in [5.41, 5.74) is 7.27. The smallest absolute Gasteiger partial charge is 0.231 e. The molecule has 1 aliphatic heterocycles. The standard InChI is InChI=1S/C16H25N3O/c1-3-16(2,12-17)15(20)18-13-8-4-5-9-14(13)19-10-6-7-11-19/h4-5,8-9H,3,6-7,10-12,17H2,1-2H3,(H,18,20). The Morgan fingerprint density at radius 3 is 2.60 bits per heavy atom. The predicted octanol–water partition coefficient (Wildman–Crippen LogP) is 2.60. The molecule has 4 nitrogen and oxygen atoms in total. The zero-order chi connectivity index (χ0) is 14.6. The highest BCUT2D eigenvalue weighted by Crippen LogP contribution is 2.30. The van der Waals surface area contributed by atoms with Gasteiger partial charge in [0.15, 0.2) is 0 Å². The van der Waals surface area contributed by atoms with Gasteiger partial charge in [-0.05, 0) is 38.3 Å². The molecule has 0 spiro atoms. The van der Waals surface area contributed by atoms with Crippen LogP contribution in [0, 0.1) is 5.41 Å². The summed E-state index contributed by atoms with van der Waals surface area (Å²) in [6, 6.07) is 8.02. The van der Waals surface area contributed by atoms with Crippen molar-refractivity contribution in [2.45, 2.75) is 33.1 Å². The Balaban J connectivity index is 2.19. The summed E-state index contributed by atoms with van der Waals surface area (Å²) < 4.78 is 0. The first kappa shape index (κ1) is 14.9. The van der Waals surface area contributed by atoms with E-state index in [0.717, 1.165) is 30.9 Å². The number of rotatable bonds is 5. The van der Waals surface area contributed by atoms with E-state index in [9.17, 15) is 4.79 Å². The zero-order valence-corrected chi connectivity index (χ0v) is 12.5. The highest BCUT2D eigenvalue weighted by Gasteiger charge is 2.30. The van der Waals surface area contributed by atoms with Gasteiger partial charge >= 0.3 is 0 Å². The van der Waals surface area contributed by atoms with E-state index in [4.69, 9.17) is 5.73 Å². The van der Waals surface area contributed by atoms with Gasteiger partial charge in [-0.15, -0.1) is 0 Å². The van der Waals surface area contributed by atoms with Gasteiger partial charge in [-0.25, -0.2) is 0 Å². The fourth-order valence-electron chi connectivity index (χ4n) is 2.48. The molecular formula is C16H25N3O. The van der Waals surface area contributed by atoms with Crippen LogP contribution in [0.15, 0.2) is 24.3 Å². The number of carbonyl (C=O) groups excluding carboxylic acids is 1. The number of nitrogens with zero attached hydrogens (tertiary/aromatic N) is 1. The van der Waals surface area contributed by atoms with Crippen molar-refractivity contribution in [3.05, 3.63) is 24.3 Å². The second-order valence-electron chi connectivity index (χ2n) is 5.78. The molecule has 0 aliphatic carbocycles. The molecule has 1 unspecified atom stereocenters. The van der Waals surface area contributed by atoms with E-state index in [1.54, 1.807) is 0 Å². The molecular weight excluding hydrogens is 250 g/mol. The Morgan fingerprint density at radius 2 is 2.00 bits per heavy atom. The third-order valence-corrected chi connectivity index (χ3v) is 4.38. The van der Waals surface area contributed by atoms with Gasteiger partial charge < -0.3 is 16.0 Å². The van der Waals surface area contributed by atoms with Crippen LogP contribution >= 0.6 is 0 Å². The van der Waals surface area contributed by atoms with Gasteiger partial charge in [-0.3, -0.25) is 4.79 Å². The first-order chi connectivity index (χ1) is 9.60. The molecule has 0 radical (unpaired) electrons. The molecule has 1 aromatic carbocycles. The number of anilines is 2. The number of nitrogens with one attached hydrogen (secondary N) is 1. The van der Waals surface area contributed by atoms with Gasteiger partial charge in [-0.2, -0.15) is 0 Å². The topological polar surface area (TPSA) is 58.4 Å². The van der Waals surface area contributed by atoms with Crippen LogP contribution in [0.2, 0.25) is 0 Å². The Morgan fingerprint density at radius 1 is 1.35 bits per heavy atom. The van der Waals surface area contributed by atoms with E-state index in [1.165, 1.54) is 12.8 Å². The van der Waals surface area contributed by atoms with Crippen LogP contribution in [-0.4, -0.2) is 25.5 Å². The maximum atomic E-state index is 12.5. The van der Waals surface area contributed by atoms with Crippen molar-refractivity contribution < 1.29 is 4.79 Å². The number of hydrogen-bond donors (Lipinski definition) is 2. The van der Waals surface area contributed by atoms with Crippen molar-refractivity contribution in [2.24, 2.45) is 11.1 Å².